The number of amides is 2. The molecule has 27 heavy (non-hydrogen) atoms. The molecule has 3 rings (SSSR count). The summed E-state index contributed by atoms with van der Waals surface area (Å²) in [4.78, 5) is 29.7. The standard InChI is InChI=1S/C19H23ClN4O3/c1-27-11-5-9-21-18(25)16-15-8-2-3-10-24(15)17(23-16)19(26)22-14-7-4-6-13(20)12-14/h4,6-7,12H,2-3,5,8-11H2,1H3,(H,21,25)(H,22,26). The number of aromatic nitrogens is 2. The fourth-order valence-electron chi connectivity index (χ4n) is 3.15. The van der Waals surface area contributed by atoms with E-state index in [4.69, 9.17) is 16.3 Å². The van der Waals surface area contributed by atoms with Crippen molar-refractivity contribution in [3.05, 3.63) is 46.5 Å². The lowest BCUT2D eigenvalue weighted by molar-refractivity contribution is 0.0942. The van der Waals surface area contributed by atoms with E-state index in [2.05, 4.69) is 15.6 Å². The predicted octanol–water partition coefficient (Wildman–Crippen LogP) is 2.89. The topological polar surface area (TPSA) is 85.2 Å². The number of rotatable bonds is 7. The molecule has 1 aromatic carbocycles. The van der Waals surface area contributed by atoms with E-state index in [9.17, 15) is 9.59 Å². The molecule has 7 nitrogen and oxygen atoms in total. The van der Waals surface area contributed by atoms with Crippen molar-refractivity contribution >= 4 is 29.1 Å². The molecular weight excluding hydrogens is 368 g/mol. The summed E-state index contributed by atoms with van der Waals surface area (Å²) < 4.78 is 6.84. The molecule has 1 aromatic heterocycles. The molecule has 0 unspecified atom stereocenters. The Bertz CT molecular complexity index is 834. The molecule has 144 valence electrons. The van der Waals surface area contributed by atoms with Gasteiger partial charge >= 0.3 is 0 Å². The van der Waals surface area contributed by atoms with E-state index in [-0.39, 0.29) is 17.6 Å². The normalized spacial score (nSPS) is 13.1. The number of carbonyl (C=O) groups is 2. The van der Waals surface area contributed by atoms with Crippen molar-refractivity contribution in [2.75, 3.05) is 25.6 Å². The number of carbonyl (C=O) groups excluding carboxylic acids is 2. The van der Waals surface area contributed by atoms with E-state index >= 15 is 0 Å². The van der Waals surface area contributed by atoms with E-state index in [1.807, 2.05) is 4.57 Å². The van der Waals surface area contributed by atoms with Crippen LogP contribution in [0.5, 0.6) is 0 Å². The number of benzene rings is 1. The Hall–Kier alpha value is -2.38. The minimum atomic E-state index is -0.348. The molecule has 0 bridgehead atoms. The van der Waals surface area contributed by atoms with Gasteiger partial charge in [-0.15, -0.1) is 0 Å². The van der Waals surface area contributed by atoms with Crippen molar-refractivity contribution in [1.82, 2.24) is 14.9 Å². The molecule has 1 aliphatic heterocycles. The number of hydrogen-bond donors (Lipinski definition) is 2. The summed E-state index contributed by atoms with van der Waals surface area (Å²) in [5.74, 6) is -0.343. The van der Waals surface area contributed by atoms with Crippen LogP contribution in [0, 0.1) is 0 Å². The molecule has 0 aliphatic carbocycles. The SMILES string of the molecule is COCCCNC(=O)c1nc(C(=O)Nc2cccc(Cl)c2)n2c1CCCC2. The van der Waals surface area contributed by atoms with Crippen LogP contribution in [0.4, 0.5) is 5.69 Å². The van der Waals surface area contributed by atoms with Gasteiger partial charge in [0.1, 0.15) is 5.69 Å². The smallest absolute Gasteiger partial charge is 0.291 e. The third kappa shape index (κ3) is 4.67. The fraction of sp³-hybridized carbons (Fsp3) is 0.421. The van der Waals surface area contributed by atoms with Gasteiger partial charge in [0.15, 0.2) is 5.82 Å². The molecule has 0 radical (unpaired) electrons. The maximum atomic E-state index is 12.7. The number of nitrogens with zero attached hydrogens (tertiary/aromatic N) is 2. The number of halogens is 1. The van der Waals surface area contributed by atoms with Crippen molar-refractivity contribution in [1.29, 1.82) is 0 Å². The van der Waals surface area contributed by atoms with Crippen LogP contribution in [0.1, 0.15) is 46.1 Å². The Morgan fingerprint density at radius 1 is 1.30 bits per heavy atom. The number of ether oxygens (including phenoxy) is 1. The van der Waals surface area contributed by atoms with Crippen molar-refractivity contribution < 1.29 is 14.3 Å². The first-order valence-electron chi connectivity index (χ1n) is 9.03. The second-order valence-electron chi connectivity index (χ2n) is 6.41. The highest BCUT2D eigenvalue weighted by atomic mass is 35.5. The summed E-state index contributed by atoms with van der Waals surface area (Å²) in [6, 6.07) is 6.93. The lowest BCUT2D eigenvalue weighted by Crippen LogP contribution is -2.27. The lowest BCUT2D eigenvalue weighted by Gasteiger charge is -2.17. The molecule has 0 saturated heterocycles. The first-order chi connectivity index (χ1) is 13.1. The zero-order valence-electron chi connectivity index (χ0n) is 15.3. The monoisotopic (exact) mass is 390 g/mol. The van der Waals surface area contributed by atoms with E-state index < -0.39 is 0 Å². The Morgan fingerprint density at radius 2 is 2.15 bits per heavy atom. The third-order valence-corrected chi connectivity index (χ3v) is 4.66. The second kappa shape index (κ2) is 9.01. The summed E-state index contributed by atoms with van der Waals surface area (Å²) in [6.45, 7) is 1.76. The number of methoxy groups -OCH3 is 1. The molecule has 2 aromatic rings. The van der Waals surface area contributed by atoms with Crippen LogP contribution in [0.25, 0.3) is 0 Å². The highest BCUT2D eigenvalue weighted by Crippen LogP contribution is 2.22. The summed E-state index contributed by atoms with van der Waals surface area (Å²) in [5.41, 5.74) is 1.75. The maximum Gasteiger partial charge on any atom is 0.291 e. The third-order valence-electron chi connectivity index (χ3n) is 4.43. The van der Waals surface area contributed by atoms with Gasteiger partial charge in [-0.2, -0.15) is 0 Å². The molecule has 0 spiro atoms. The molecule has 2 amide bonds. The summed E-state index contributed by atoms with van der Waals surface area (Å²) in [7, 11) is 1.62. The van der Waals surface area contributed by atoms with Crippen molar-refractivity contribution in [3.63, 3.8) is 0 Å². The molecule has 2 heterocycles. The minimum absolute atomic E-state index is 0.251. The highest BCUT2D eigenvalue weighted by Gasteiger charge is 2.27. The van der Waals surface area contributed by atoms with E-state index in [0.29, 0.717) is 36.1 Å². The van der Waals surface area contributed by atoms with Gasteiger partial charge in [-0.25, -0.2) is 4.98 Å². The Kier molecular flexibility index (Phi) is 6.47. The van der Waals surface area contributed by atoms with Gasteiger partial charge in [0, 0.05) is 37.5 Å². The summed E-state index contributed by atoms with van der Waals surface area (Å²) in [6.07, 6.45) is 3.39. The van der Waals surface area contributed by atoms with Crippen molar-refractivity contribution in [3.8, 4) is 0 Å². The Morgan fingerprint density at radius 3 is 2.93 bits per heavy atom. The van der Waals surface area contributed by atoms with Crippen LogP contribution in [-0.2, 0) is 17.7 Å². The zero-order chi connectivity index (χ0) is 19.2. The van der Waals surface area contributed by atoms with Gasteiger partial charge in [-0.1, -0.05) is 17.7 Å². The lowest BCUT2D eigenvalue weighted by atomic mass is 10.1. The highest BCUT2D eigenvalue weighted by molar-refractivity contribution is 6.30. The summed E-state index contributed by atoms with van der Waals surface area (Å²) in [5, 5.41) is 6.19. The molecular formula is C19H23ClN4O3. The van der Waals surface area contributed by atoms with Crippen LogP contribution in [0.3, 0.4) is 0 Å². The number of fused-ring (bicyclic) bond motifs is 1. The summed E-state index contributed by atoms with van der Waals surface area (Å²) >= 11 is 5.97. The number of anilines is 1. The molecule has 0 fully saturated rings. The Labute approximate surface area is 163 Å². The molecule has 1 aliphatic rings. The Balaban J connectivity index is 1.80. The van der Waals surface area contributed by atoms with E-state index in [0.717, 1.165) is 31.4 Å². The van der Waals surface area contributed by atoms with Crippen LogP contribution < -0.4 is 10.6 Å². The van der Waals surface area contributed by atoms with Gasteiger partial charge in [-0.3, -0.25) is 9.59 Å². The van der Waals surface area contributed by atoms with Crippen molar-refractivity contribution in [2.45, 2.75) is 32.2 Å². The van der Waals surface area contributed by atoms with Gasteiger partial charge < -0.3 is 19.9 Å². The van der Waals surface area contributed by atoms with Gasteiger partial charge in [0.2, 0.25) is 0 Å². The molecule has 0 atom stereocenters. The van der Waals surface area contributed by atoms with Crippen LogP contribution in [0.2, 0.25) is 5.02 Å². The number of nitrogens with one attached hydrogen (secondary N) is 2. The van der Waals surface area contributed by atoms with Crippen LogP contribution >= 0.6 is 11.6 Å². The average Bonchev–Trinajstić information content (AvgIpc) is 3.05. The fourth-order valence-corrected chi connectivity index (χ4v) is 3.34. The van der Waals surface area contributed by atoms with E-state index in [1.54, 1.807) is 31.4 Å². The maximum absolute atomic E-state index is 12.7. The average molecular weight is 391 g/mol. The van der Waals surface area contributed by atoms with Crippen LogP contribution in [0.15, 0.2) is 24.3 Å². The van der Waals surface area contributed by atoms with Gasteiger partial charge in [0.25, 0.3) is 11.8 Å². The molecule has 8 heteroatoms. The minimum Gasteiger partial charge on any atom is -0.385 e. The molecule has 0 saturated carbocycles. The van der Waals surface area contributed by atoms with Gasteiger partial charge in [-0.05, 0) is 43.9 Å². The van der Waals surface area contributed by atoms with Crippen molar-refractivity contribution in [2.24, 2.45) is 0 Å². The second-order valence-corrected chi connectivity index (χ2v) is 6.84. The van der Waals surface area contributed by atoms with Gasteiger partial charge in [0.05, 0.1) is 5.69 Å². The first kappa shape index (κ1) is 19.4. The van der Waals surface area contributed by atoms with Crippen LogP contribution in [-0.4, -0.2) is 41.6 Å². The van der Waals surface area contributed by atoms with E-state index in [1.165, 1.54) is 0 Å². The quantitative estimate of drug-likeness (QED) is 0.712. The molecule has 2 N–H and O–H groups in total. The number of imidazole rings is 1. The zero-order valence-corrected chi connectivity index (χ0v) is 16.0. The first-order valence-corrected chi connectivity index (χ1v) is 9.41. The predicted molar refractivity (Wildman–Crippen MR) is 103 cm³/mol. The number of hydrogen-bond acceptors (Lipinski definition) is 4. The largest absolute Gasteiger partial charge is 0.385 e.